The molecule has 112 valence electrons. The SMILES string of the molecule is CCNCc1cc(S(=O)(=O)NC2(C)CC2)cc(C)c1F. The molecule has 0 bridgehead atoms. The lowest BCUT2D eigenvalue weighted by Gasteiger charge is -2.14. The smallest absolute Gasteiger partial charge is 0.241 e. The average Bonchev–Trinajstić information content (AvgIpc) is 3.07. The van der Waals surface area contributed by atoms with Crippen LogP contribution in [0.3, 0.4) is 0 Å². The Hall–Kier alpha value is -0.980. The Morgan fingerprint density at radius 2 is 2.00 bits per heavy atom. The molecule has 20 heavy (non-hydrogen) atoms. The number of aryl methyl sites for hydroxylation is 1. The molecule has 1 saturated carbocycles. The van der Waals surface area contributed by atoms with Crippen LogP contribution in [0.5, 0.6) is 0 Å². The van der Waals surface area contributed by atoms with Gasteiger partial charge in [-0.25, -0.2) is 17.5 Å². The zero-order chi connectivity index (χ0) is 15.0. The third-order valence-electron chi connectivity index (χ3n) is 3.56. The summed E-state index contributed by atoms with van der Waals surface area (Å²) in [6.45, 7) is 6.40. The van der Waals surface area contributed by atoms with Crippen molar-refractivity contribution in [3.63, 3.8) is 0 Å². The van der Waals surface area contributed by atoms with Gasteiger partial charge in [0.25, 0.3) is 0 Å². The van der Waals surface area contributed by atoms with Crippen LogP contribution in [0.1, 0.15) is 37.8 Å². The minimum atomic E-state index is -3.59. The van der Waals surface area contributed by atoms with Crippen molar-refractivity contribution in [2.45, 2.75) is 50.6 Å². The van der Waals surface area contributed by atoms with Gasteiger partial charge in [-0.15, -0.1) is 0 Å². The topological polar surface area (TPSA) is 58.2 Å². The van der Waals surface area contributed by atoms with E-state index in [0.717, 1.165) is 12.8 Å². The standard InChI is InChI=1S/C14H21FN2O2S/c1-4-16-9-11-8-12(7-10(2)13(11)15)20(18,19)17-14(3)5-6-14/h7-8,16-17H,4-6,9H2,1-3H3. The Balaban J connectivity index is 2.33. The molecule has 1 fully saturated rings. The lowest BCUT2D eigenvalue weighted by molar-refractivity contribution is 0.555. The van der Waals surface area contributed by atoms with E-state index in [1.54, 1.807) is 6.92 Å². The first-order valence-corrected chi connectivity index (χ1v) is 8.29. The molecule has 0 unspecified atom stereocenters. The largest absolute Gasteiger partial charge is 0.313 e. The normalized spacial score (nSPS) is 17.2. The van der Waals surface area contributed by atoms with Crippen LogP contribution in [0.2, 0.25) is 0 Å². The van der Waals surface area contributed by atoms with Crippen molar-refractivity contribution in [3.05, 3.63) is 29.1 Å². The Morgan fingerprint density at radius 1 is 1.35 bits per heavy atom. The summed E-state index contributed by atoms with van der Waals surface area (Å²) in [5.41, 5.74) is 0.401. The fraction of sp³-hybridized carbons (Fsp3) is 0.571. The number of hydrogen-bond donors (Lipinski definition) is 2. The summed E-state index contributed by atoms with van der Waals surface area (Å²) in [5, 5.41) is 3.02. The molecule has 1 aliphatic carbocycles. The molecule has 0 radical (unpaired) electrons. The lowest BCUT2D eigenvalue weighted by Crippen LogP contribution is -2.34. The first-order chi connectivity index (χ1) is 9.27. The summed E-state index contributed by atoms with van der Waals surface area (Å²) in [6, 6.07) is 2.80. The van der Waals surface area contributed by atoms with Gasteiger partial charge in [0.2, 0.25) is 10.0 Å². The summed E-state index contributed by atoms with van der Waals surface area (Å²) in [7, 11) is -3.59. The highest BCUT2D eigenvalue weighted by Gasteiger charge is 2.41. The summed E-state index contributed by atoms with van der Waals surface area (Å²) >= 11 is 0. The van der Waals surface area contributed by atoms with E-state index in [4.69, 9.17) is 0 Å². The fourth-order valence-corrected chi connectivity index (χ4v) is 3.62. The Morgan fingerprint density at radius 3 is 2.55 bits per heavy atom. The van der Waals surface area contributed by atoms with E-state index in [2.05, 4.69) is 10.0 Å². The monoisotopic (exact) mass is 300 g/mol. The number of sulfonamides is 1. The van der Waals surface area contributed by atoms with E-state index in [1.807, 2.05) is 13.8 Å². The molecule has 0 atom stereocenters. The van der Waals surface area contributed by atoms with Crippen LogP contribution < -0.4 is 10.0 Å². The molecular formula is C14H21FN2O2S. The average molecular weight is 300 g/mol. The first kappa shape index (κ1) is 15.4. The van der Waals surface area contributed by atoms with Gasteiger partial charge in [-0.05, 0) is 50.9 Å². The van der Waals surface area contributed by atoms with Gasteiger partial charge >= 0.3 is 0 Å². The van der Waals surface area contributed by atoms with E-state index in [9.17, 15) is 12.8 Å². The number of benzene rings is 1. The molecule has 1 aromatic rings. The molecule has 0 aromatic heterocycles. The number of hydrogen-bond acceptors (Lipinski definition) is 3. The zero-order valence-corrected chi connectivity index (χ0v) is 12.9. The van der Waals surface area contributed by atoms with Crippen molar-refractivity contribution < 1.29 is 12.8 Å². The summed E-state index contributed by atoms with van der Waals surface area (Å²) in [4.78, 5) is 0.137. The molecule has 0 amide bonds. The summed E-state index contributed by atoms with van der Waals surface area (Å²) in [6.07, 6.45) is 1.69. The highest BCUT2D eigenvalue weighted by Crippen LogP contribution is 2.36. The van der Waals surface area contributed by atoms with Crippen molar-refractivity contribution in [3.8, 4) is 0 Å². The third kappa shape index (κ3) is 3.37. The minimum absolute atomic E-state index is 0.137. The highest BCUT2D eigenvalue weighted by atomic mass is 32.2. The number of halogens is 1. The maximum atomic E-state index is 14.0. The van der Waals surface area contributed by atoms with Gasteiger partial charge in [-0.2, -0.15) is 0 Å². The molecule has 0 spiro atoms. The molecule has 0 aliphatic heterocycles. The molecule has 4 nitrogen and oxygen atoms in total. The Bertz CT molecular complexity index is 610. The van der Waals surface area contributed by atoms with Gasteiger partial charge in [-0.3, -0.25) is 0 Å². The van der Waals surface area contributed by atoms with Crippen molar-refractivity contribution in [2.75, 3.05) is 6.54 Å². The van der Waals surface area contributed by atoms with Gasteiger partial charge in [0.15, 0.2) is 0 Å². The van der Waals surface area contributed by atoms with E-state index in [1.165, 1.54) is 12.1 Å². The van der Waals surface area contributed by atoms with E-state index >= 15 is 0 Å². The molecule has 1 aromatic carbocycles. The molecule has 2 N–H and O–H groups in total. The Kier molecular flexibility index (Phi) is 4.18. The molecular weight excluding hydrogens is 279 g/mol. The minimum Gasteiger partial charge on any atom is -0.313 e. The number of nitrogens with one attached hydrogen (secondary N) is 2. The highest BCUT2D eigenvalue weighted by molar-refractivity contribution is 7.89. The summed E-state index contributed by atoms with van der Waals surface area (Å²) < 4.78 is 41.3. The molecule has 0 heterocycles. The van der Waals surface area contributed by atoms with Crippen LogP contribution in [0.4, 0.5) is 4.39 Å². The van der Waals surface area contributed by atoms with Crippen molar-refractivity contribution >= 4 is 10.0 Å². The van der Waals surface area contributed by atoms with E-state index < -0.39 is 10.0 Å². The maximum Gasteiger partial charge on any atom is 0.241 e. The van der Waals surface area contributed by atoms with Gasteiger partial charge < -0.3 is 5.32 Å². The van der Waals surface area contributed by atoms with Crippen molar-refractivity contribution in [2.24, 2.45) is 0 Å². The van der Waals surface area contributed by atoms with E-state index in [0.29, 0.717) is 24.2 Å². The predicted octanol–water partition coefficient (Wildman–Crippen LogP) is 2.07. The molecule has 1 aliphatic rings. The van der Waals surface area contributed by atoms with Crippen LogP contribution in [0.15, 0.2) is 17.0 Å². The Labute approximate surface area is 119 Å². The van der Waals surface area contributed by atoms with Crippen molar-refractivity contribution in [1.29, 1.82) is 0 Å². The number of rotatable bonds is 6. The maximum absolute atomic E-state index is 14.0. The molecule has 6 heteroatoms. The van der Waals surface area contributed by atoms with Crippen LogP contribution in [-0.2, 0) is 16.6 Å². The molecule has 0 saturated heterocycles. The predicted molar refractivity (Wildman–Crippen MR) is 76.5 cm³/mol. The van der Waals surface area contributed by atoms with Crippen LogP contribution >= 0.6 is 0 Å². The second kappa shape index (κ2) is 5.42. The van der Waals surface area contributed by atoms with E-state index in [-0.39, 0.29) is 16.3 Å². The zero-order valence-electron chi connectivity index (χ0n) is 12.1. The summed E-state index contributed by atoms with van der Waals surface area (Å²) in [5.74, 6) is -0.345. The fourth-order valence-electron chi connectivity index (χ4n) is 2.02. The third-order valence-corrected chi connectivity index (χ3v) is 5.18. The first-order valence-electron chi connectivity index (χ1n) is 6.81. The lowest BCUT2D eigenvalue weighted by atomic mass is 10.1. The van der Waals surface area contributed by atoms with Crippen LogP contribution in [0, 0.1) is 12.7 Å². The van der Waals surface area contributed by atoms with Gasteiger partial charge in [0.1, 0.15) is 5.82 Å². The van der Waals surface area contributed by atoms with Gasteiger partial charge in [0, 0.05) is 17.6 Å². The quantitative estimate of drug-likeness (QED) is 0.845. The molecule has 2 rings (SSSR count). The van der Waals surface area contributed by atoms with Crippen LogP contribution in [-0.4, -0.2) is 20.5 Å². The second-order valence-electron chi connectivity index (χ2n) is 5.66. The van der Waals surface area contributed by atoms with Crippen molar-refractivity contribution in [1.82, 2.24) is 10.0 Å². The second-order valence-corrected chi connectivity index (χ2v) is 7.34. The van der Waals surface area contributed by atoms with Gasteiger partial charge in [-0.1, -0.05) is 6.92 Å². The van der Waals surface area contributed by atoms with Gasteiger partial charge in [0.05, 0.1) is 4.90 Å². The van der Waals surface area contributed by atoms with Crippen LogP contribution in [0.25, 0.3) is 0 Å².